The summed E-state index contributed by atoms with van der Waals surface area (Å²) in [5.41, 5.74) is 1.95. The predicted octanol–water partition coefficient (Wildman–Crippen LogP) is 3.04. The van der Waals surface area contributed by atoms with E-state index >= 15 is 0 Å². The van der Waals surface area contributed by atoms with Crippen molar-refractivity contribution in [3.8, 4) is 0 Å². The predicted molar refractivity (Wildman–Crippen MR) is 88.9 cm³/mol. The molecule has 6 heteroatoms. The zero-order valence-corrected chi connectivity index (χ0v) is 15.1. The molecule has 1 aromatic carbocycles. The first-order valence-electron chi connectivity index (χ1n) is 7.40. The van der Waals surface area contributed by atoms with Crippen LogP contribution in [0.15, 0.2) is 21.5 Å². The highest BCUT2D eigenvalue weighted by molar-refractivity contribution is 9.10. The van der Waals surface area contributed by atoms with Gasteiger partial charge in [0.15, 0.2) is 0 Å². The molecule has 0 spiro atoms. The molecular weight excluding hydrogens is 352 g/mol. The second-order valence-corrected chi connectivity index (χ2v) is 8.27. The van der Waals surface area contributed by atoms with Crippen molar-refractivity contribution in [1.82, 2.24) is 9.62 Å². The van der Waals surface area contributed by atoms with E-state index in [9.17, 15) is 8.42 Å². The molecule has 0 radical (unpaired) electrons. The molecule has 0 amide bonds. The largest absolute Gasteiger partial charge is 0.316 e. The van der Waals surface area contributed by atoms with Crippen molar-refractivity contribution in [2.75, 3.05) is 20.1 Å². The van der Waals surface area contributed by atoms with Gasteiger partial charge in [-0.25, -0.2) is 8.42 Å². The maximum Gasteiger partial charge on any atom is 0.244 e. The van der Waals surface area contributed by atoms with Gasteiger partial charge in [0.25, 0.3) is 0 Å². The number of hydrogen-bond donors (Lipinski definition) is 1. The van der Waals surface area contributed by atoms with Gasteiger partial charge in [0.05, 0.1) is 4.90 Å². The first-order valence-corrected chi connectivity index (χ1v) is 9.64. The van der Waals surface area contributed by atoms with E-state index in [1.807, 2.05) is 20.0 Å². The number of sulfonamides is 1. The smallest absolute Gasteiger partial charge is 0.244 e. The number of nitrogens with one attached hydrogen (secondary N) is 1. The first kappa shape index (κ1) is 16.9. The standard InChI is InChI=1S/C15H23BrN2O2S/c1-12-9-13(11-17-2)10-14(15(12)16)21(19,20)18-7-5-3-4-6-8-18/h9-10,17H,3-8,11H2,1-2H3. The van der Waals surface area contributed by atoms with Crippen LogP contribution >= 0.6 is 15.9 Å². The summed E-state index contributed by atoms with van der Waals surface area (Å²) >= 11 is 3.46. The minimum absolute atomic E-state index is 0.398. The Balaban J connectivity index is 2.42. The summed E-state index contributed by atoms with van der Waals surface area (Å²) in [5, 5.41) is 3.08. The maximum atomic E-state index is 12.9. The molecule has 1 fully saturated rings. The van der Waals surface area contributed by atoms with Gasteiger partial charge in [0.2, 0.25) is 10.0 Å². The highest BCUT2D eigenvalue weighted by atomic mass is 79.9. The lowest BCUT2D eigenvalue weighted by Crippen LogP contribution is -2.32. The van der Waals surface area contributed by atoms with E-state index in [4.69, 9.17) is 0 Å². The molecule has 0 atom stereocenters. The molecule has 21 heavy (non-hydrogen) atoms. The Morgan fingerprint density at radius 3 is 2.38 bits per heavy atom. The van der Waals surface area contributed by atoms with Crippen molar-refractivity contribution in [3.63, 3.8) is 0 Å². The van der Waals surface area contributed by atoms with Gasteiger partial charge in [-0.1, -0.05) is 18.9 Å². The number of hydrogen-bond acceptors (Lipinski definition) is 3. The molecule has 0 bridgehead atoms. The summed E-state index contributed by atoms with van der Waals surface area (Å²) in [7, 11) is -1.56. The van der Waals surface area contributed by atoms with Crippen molar-refractivity contribution in [2.24, 2.45) is 0 Å². The number of nitrogens with zero attached hydrogens (tertiary/aromatic N) is 1. The van der Waals surface area contributed by atoms with E-state index in [0.717, 1.165) is 36.8 Å². The Labute approximate surface area is 136 Å². The topological polar surface area (TPSA) is 49.4 Å². The van der Waals surface area contributed by atoms with Crippen molar-refractivity contribution < 1.29 is 8.42 Å². The van der Waals surface area contributed by atoms with E-state index in [2.05, 4.69) is 21.2 Å². The van der Waals surface area contributed by atoms with Crippen LogP contribution in [0.1, 0.15) is 36.8 Å². The number of benzene rings is 1. The maximum absolute atomic E-state index is 12.9. The Kier molecular flexibility index (Phi) is 5.82. The Hall–Kier alpha value is -0.430. The summed E-state index contributed by atoms with van der Waals surface area (Å²) in [6, 6.07) is 3.80. The molecule has 0 aromatic heterocycles. The number of rotatable bonds is 4. The van der Waals surface area contributed by atoms with Crippen molar-refractivity contribution in [3.05, 3.63) is 27.7 Å². The zero-order valence-electron chi connectivity index (χ0n) is 12.7. The molecule has 0 saturated carbocycles. The minimum atomic E-state index is -3.42. The SMILES string of the molecule is CNCc1cc(C)c(Br)c(S(=O)(=O)N2CCCCCC2)c1. The molecule has 2 rings (SSSR count). The third-order valence-corrected chi connectivity index (χ3v) is 7.08. The monoisotopic (exact) mass is 374 g/mol. The molecular formula is C15H23BrN2O2S. The molecule has 0 unspecified atom stereocenters. The fraction of sp³-hybridized carbons (Fsp3) is 0.600. The van der Waals surface area contributed by atoms with E-state index in [-0.39, 0.29) is 0 Å². The second kappa shape index (κ2) is 7.22. The molecule has 1 heterocycles. The molecule has 118 valence electrons. The van der Waals surface area contributed by atoms with Crippen LogP contribution in [-0.4, -0.2) is 32.9 Å². The van der Waals surface area contributed by atoms with Crippen molar-refractivity contribution >= 4 is 26.0 Å². The molecule has 1 N–H and O–H groups in total. The number of aryl methyl sites for hydroxylation is 1. The van der Waals surface area contributed by atoms with Crippen LogP contribution in [0.25, 0.3) is 0 Å². The Morgan fingerprint density at radius 2 is 1.81 bits per heavy atom. The lowest BCUT2D eigenvalue weighted by atomic mass is 10.1. The molecule has 4 nitrogen and oxygen atoms in total. The summed E-state index contributed by atoms with van der Waals surface area (Å²) in [4.78, 5) is 0.398. The first-order chi connectivity index (χ1) is 9.96. The second-order valence-electron chi connectivity index (χ2n) is 5.57. The lowest BCUT2D eigenvalue weighted by Gasteiger charge is -2.22. The van der Waals surface area contributed by atoms with Gasteiger partial charge in [0, 0.05) is 24.1 Å². The molecule has 1 saturated heterocycles. The van der Waals surface area contributed by atoms with Crippen molar-refractivity contribution in [2.45, 2.75) is 44.0 Å². The van der Waals surface area contributed by atoms with Gasteiger partial charge in [-0.2, -0.15) is 4.31 Å². The highest BCUT2D eigenvalue weighted by Crippen LogP contribution is 2.30. The Bertz CT molecular complexity index is 594. The summed E-state index contributed by atoms with van der Waals surface area (Å²) in [5.74, 6) is 0. The summed E-state index contributed by atoms with van der Waals surface area (Å²) in [6.07, 6.45) is 4.14. The van der Waals surface area contributed by atoms with E-state index in [1.165, 1.54) is 0 Å². The van der Waals surface area contributed by atoms with Crippen LogP contribution in [0, 0.1) is 6.92 Å². The normalized spacial score (nSPS) is 17.7. The minimum Gasteiger partial charge on any atom is -0.316 e. The fourth-order valence-corrected chi connectivity index (χ4v) is 5.27. The van der Waals surface area contributed by atoms with Crippen LogP contribution in [0.5, 0.6) is 0 Å². The van der Waals surface area contributed by atoms with E-state index < -0.39 is 10.0 Å². The molecule has 1 aliphatic heterocycles. The van der Waals surface area contributed by atoms with Crippen molar-refractivity contribution in [1.29, 1.82) is 0 Å². The van der Waals surface area contributed by atoms with E-state index in [1.54, 1.807) is 10.4 Å². The third-order valence-electron chi connectivity index (χ3n) is 3.84. The molecule has 0 aliphatic carbocycles. The lowest BCUT2D eigenvalue weighted by molar-refractivity contribution is 0.423. The van der Waals surface area contributed by atoms with E-state index in [0.29, 0.717) is 29.0 Å². The molecule has 1 aliphatic rings. The van der Waals surface area contributed by atoms with Gasteiger partial charge < -0.3 is 5.32 Å². The summed E-state index contributed by atoms with van der Waals surface area (Å²) < 4.78 is 28.2. The zero-order chi connectivity index (χ0) is 15.5. The quantitative estimate of drug-likeness (QED) is 0.880. The summed E-state index contributed by atoms with van der Waals surface area (Å²) in [6.45, 7) is 3.86. The third kappa shape index (κ3) is 3.86. The van der Waals surface area contributed by atoms with Crippen LogP contribution in [0.2, 0.25) is 0 Å². The fourth-order valence-electron chi connectivity index (χ4n) is 2.72. The van der Waals surface area contributed by atoms with Gasteiger partial charge in [-0.05, 0) is 59.9 Å². The van der Waals surface area contributed by atoms with Crippen LogP contribution in [-0.2, 0) is 16.6 Å². The number of halogens is 1. The average Bonchev–Trinajstić information content (AvgIpc) is 2.72. The Morgan fingerprint density at radius 1 is 1.19 bits per heavy atom. The van der Waals surface area contributed by atoms with Crippen LogP contribution < -0.4 is 5.32 Å². The van der Waals surface area contributed by atoms with Gasteiger partial charge >= 0.3 is 0 Å². The van der Waals surface area contributed by atoms with Crippen LogP contribution in [0.4, 0.5) is 0 Å². The van der Waals surface area contributed by atoms with Gasteiger partial charge in [0.1, 0.15) is 0 Å². The van der Waals surface area contributed by atoms with Crippen LogP contribution in [0.3, 0.4) is 0 Å². The van der Waals surface area contributed by atoms with Gasteiger partial charge in [-0.15, -0.1) is 0 Å². The average molecular weight is 375 g/mol. The highest BCUT2D eigenvalue weighted by Gasteiger charge is 2.28. The van der Waals surface area contributed by atoms with Gasteiger partial charge in [-0.3, -0.25) is 0 Å². The molecule has 1 aromatic rings.